The maximum Gasteiger partial charge on any atom is 0.126 e. The van der Waals surface area contributed by atoms with Crippen molar-refractivity contribution in [2.45, 2.75) is 72.1 Å². The number of hydrogen-bond donors (Lipinski definition) is 1. The second-order valence-corrected chi connectivity index (χ2v) is 8.48. The third-order valence-electron chi connectivity index (χ3n) is 6.91. The van der Waals surface area contributed by atoms with Gasteiger partial charge in [-0.1, -0.05) is 45.8 Å². The van der Waals surface area contributed by atoms with Crippen LogP contribution in [0.1, 0.15) is 72.1 Å². The molecule has 0 spiro atoms. The van der Waals surface area contributed by atoms with E-state index in [0.717, 1.165) is 38.5 Å². The quantitative estimate of drug-likeness (QED) is 0.567. The zero-order valence-electron chi connectivity index (χ0n) is 14.7. The summed E-state index contributed by atoms with van der Waals surface area (Å²) in [5.74, 6) is 1.63. The average molecular weight is 306 g/mol. The van der Waals surface area contributed by atoms with Crippen molar-refractivity contribution in [3.63, 3.8) is 0 Å². The number of carbonyl (C=O) groups is 1. The van der Waals surface area contributed by atoms with Gasteiger partial charge < -0.3 is 9.90 Å². The second kappa shape index (κ2) is 6.86. The van der Waals surface area contributed by atoms with Gasteiger partial charge in [0, 0.05) is 12.0 Å². The molecule has 2 nitrogen and oxygen atoms in total. The zero-order chi connectivity index (χ0) is 16.4. The molecule has 2 rings (SSSR count). The maximum absolute atomic E-state index is 11.8. The summed E-state index contributed by atoms with van der Waals surface area (Å²) in [6.07, 6.45) is 10.1. The van der Waals surface area contributed by atoms with Crippen molar-refractivity contribution in [2.75, 3.05) is 6.61 Å². The fraction of sp³-hybridized carbons (Fsp3) is 0.850. The van der Waals surface area contributed by atoms with Crippen LogP contribution in [-0.2, 0) is 4.79 Å². The highest BCUT2D eigenvalue weighted by Gasteiger charge is 2.54. The van der Waals surface area contributed by atoms with Gasteiger partial charge in [0.05, 0.1) is 0 Å². The monoisotopic (exact) mass is 306 g/mol. The fourth-order valence-corrected chi connectivity index (χ4v) is 5.49. The predicted octanol–water partition coefficient (Wildman–Crippen LogP) is 4.76. The molecule has 0 saturated heterocycles. The molecule has 0 unspecified atom stereocenters. The van der Waals surface area contributed by atoms with Crippen LogP contribution in [0.15, 0.2) is 12.2 Å². The SMILES string of the molecule is C=C1CC[C@H]2[C@@](C)(CCC[C@@]2(C)C=O)[C@@H]1CC[C@@H](C)CCO. The highest BCUT2D eigenvalue weighted by molar-refractivity contribution is 5.60. The lowest BCUT2D eigenvalue weighted by molar-refractivity contribution is -0.130. The van der Waals surface area contributed by atoms with Crippen LogP contribution in [0.5, 0.6) is 0 Å². The molecular weight excluding hydrogens is 272 g/mol. The van der Waals surface area contributed by atoms with E-state index in [9.17, 15) is 4.79 Å². The van der Waals surface area contributed by atoms with Crippen LogP contribution >= 0.6 is 0 Å². The van der Waals surface area contributed by atoms with Gasteiger partial charge in [0.1, 0.15) is 6.29 Å². The van der Waals surface area contributed by atoms with E-state index < -0.39 is 0 Å². The highest BCUT2D eigenvalue weighted by Crippen LogP contribution is 2.61. The number of aliphatic hydroxyl groups excluding tert-OH is 1. The Morgan fingerprint density at radius 3 is 2.73 bits per heavy atom. The van der Waals surface area contributed by atoms with E-state index in [1.54, 1.807) is 0 Å². The summed E-state index contributed by atoms with van der Waals surface area (Å²) in [5, 5.41) is 9.11. The van der Waals surface area contributed by atoms with Crippen molar-refractivity contribution in [3.05, 3.63) is 12.2 Å². The van der Waals surface area contributed by atoms with Crippen molar-refractivity contribution in [3.8, 4) is 0 Å². The third kappa shape index (κ3) is 3.18. The number of aldehydes is 1. The van der Waals surface area contributed by atoms with E-state index in [-0.39, 0.29) is 17.4 Å². The smallest absolute Gasteiger partial charge is 0.126 e. The fourth-order valence-electron chi connectivity index (χ4n) is 5.49. The normalized spacial score (nSPS) is 40.1. The van der Waals surface area contributed by atoms with Gasteiger partial charge in [-0.15, -0.1) is 0 Å². The molecule has 0 aromatic carbocycles. The first-order chi connectivity index (χ1) is 10.4. The minimum Gasteiger partial charge on any atom is -0.396 e. The molecule has 0 aromatic heterocycles. The van der Waals surface area contributed by atoms with Crippen molar-refractivity contribution >= 4 is 6.29 Å². The molecule has 2 fully saturated rings. The van der Waals surface area contributed by atoms with Crippen molar-refractivity contribution in [2.24, 2.45) is 28.6 Å². The molecular formula is C20H34O2. The molecule has 0 aromatic rings. The Hall–Kier alpha value is -0.630. The lowest BCUT2D eigenvalue weighted by Crippen LogP contribution is -2.51. The van der Waals surface area contributed by atoms with Crippen LogP contribution in [0.2, 0.25) is 0 Å². The maximum atomic E-state index is 11.8. The van der Waals surface area contributed by atoms with E-state index in [4.69, 9.17) is 5.11 Å². The van der Waals surface area contributed by atoms with Gasteiger partial charge in [-0.3, -0.25) is 0 Å². The first-order valence-electron chi connectivity index (χ1n) is 9.12. The second-order valence-electron chi connectivity index (χ2n) is 8.48. The Morgan fingerprint density at radius 2 is 2.09 bits per heavy atom. The Labute approximate surface area is 136 Å². The summed E-state index contributed by atoms with van der Waals surface area (Å²) in [6.45, 7) is 11.5. The van der Waals surface area contributed by atoms with Crippen LogP contribution in [0.3, 0.4) is 0 Å². The molecule has 0 aliphatic heterocycles. The summed E-state index contributed by atoms with van der Waals surface area (Å²) in [7, 11) is 0. The number of aliphatic hydroxyl groups is 1. The van der Waals surface area contributed by atoms with E-state index in [1.165, 1.54) is 24.7 Å². The molecule has 2 saturated carbocycles. The molecule has 0 heterocycles. The Bertz CT molecular complexity index is 416. The van der Waals surface area contributed by atoms with Crippen molar-refractivity contribution < 1.29 is 9.90 Å². The summed E-state index contributed by atoms with van der Waals surface area (Å²) in [6, 6.07) is 0. The van der Waals surface area contributed by atoms with Gasteiger partial charge >= 0.3 is 0 Å². The third-order valence-corrected chi connectivity index (χ3v) is 6.91. The van der Waals surface area contributed by atoms with Crippen LogP contribution in [0, 0.1) is 28.6 Å². The van der Waals surface area contributed by atoms with Crippen molar-refractivity contribution in [1.29, 1.82) is 0 Å². The molecule has 5 atom stereocenters. The molecule has 0 radical (unpaired) electrons. The Kier molecular flexibility index (Phi) is 5.53. The molecule has 2 aliphatic carbocycles. The molecule has 22 heavy (non-hydrogen) atoms. The summed E-state index contributed by atoms with van der Waals surface area (Å²) in [4.78, 5) is 11.8. The first-order valence-corrected chi connectivity index (χ1v) is 9.12. The molecule has 0 bridgehead atoms. The van der Waals surface area contributed by atoms with Gasteiger partial charge in [0.25, 0.3) is 0 Å². The number of carbonyl (C=O) groups excluding carboxylic acids is 1. The van der Waals surface area contributed by atoms with E-state index in [2.05, 4.69) is 27.4 Å². The van der Waals surface area contributed by atoms with Gasteiger partial charge in [-0.2, -0.15) is 0 Å². The molecule has 126 valence electrons. The van der Waals surface area contributed by atoms with Crippen LogP contribution in [-0.4, -0.2) is 18.0 Å². The van der Waals surface area contributed by atoms with Gasteiger partial charge in [-0.25, -0.2) is 0 Å². The molecule has 0 amide bonds. The van der Waals surface area contributed by atoms with Gasteiger partial charge in [0.2, 0.25) is 0 Å². The first kappa shape index (κ1) is 17.7. The van der Waals surface area contributed by atoms with E-state index in [0.29, 0.717) is 17.8 Å². The predicted molar refractivity (Wildman–Crippen MR) is 91.6 cm³/mol. The van der Waals surface area contributed by atoms with Crippen molar-refractivity contribution in [1.82, 2.24) is 0 Å². The Balaban J connectivity index is 2.17. The molecule has 2 aliphatic rings. The van der Waals surface area contributed by atoms with E-state index in [1.807, 2.05) is 0 Å². The standard InChI is InChI=1S/C20H34O2/c1-15(10-13-21)6-8-17-16(2)7-9-18-19(3,14-22)11-5-12-20(17,18)4/h14-15,17-18,21H,2,5-13H2,1,3-4H3/t15-,17-,18-,19+,20+/m1/s1. The topological polar surface area (TPSA) is 37.3 Å². The summed E-state index contributed by atoms with van der Waals surface area (Å²) in [5.41, 5.74) is 1.51. The number of allylic oxidation sites excluding steroid dienone is 1. The van der Waals surface area contributed by atoms with E-state index >= 15 is 0 Å². The zero-order valence-corrected chi connectivity index (χ0v) is 14.7. The minimum atomic E-state index is -0.136. The number of hydrogen-bond acceptors (Lipinski definition) is 2. The number of rotatable bonds is 6. The summed E-state index contributed by atoms with van der Waals surface area (Å²) < 4.78 is 0. The van der Waals surface area contributed by atoms with Crippen LogP contribution in [0.4, 0.5) is 0 Å². The highest BCUT2D eigenvalue weighted by atomic mass is 16.3. The lowest BCUT2D eigenvalue weighted by atomic mass is 9.47. The van der Waals surface area contributed by atoms with Gasteiger partial charge in [-0.05, 0) is 61.7 Å². The average Bonchev–Trinajstić information content (AvgIpc) is 2.46. The molecule has 2 heteroatoms. The number of fused-ring (bicyclic) bond motifs is 1. The van der Waals surface area contributed by atoms with Crippen LogP contribution < -0.4 is 0 Å². The Morgan fingerprint density at radius 1 is 1.36 bits per heavy atom. The van der Waals surface area contributed by atoms with Crippen LogP contribution in [0.25, 0.3) is 0 Å². The van der Waals surface area contributed by atoms with Gasteiger partial charge in [0.15, 0.2) is 0 Å². The summed E-state index contributed by atoms with van der Waals surface area (Å²) >= 11 is 0. The molecule has 1 N–H and O–H groups in total. The largest absolute Gasteiger partial charge is 0.396 e. The lowest BCUT2D eigenvalue weighted by Gasteiger charge is -2.57. The minimum absolute atomic E-state index is 0.136.